The maximum Gasteiger partial charge on any atom is 0.142 e. The molecule has 726 valence electrons. The molecule has 10 aromatic carbocycles. The van der Waals surface area contributed by atoms with Crippen LogP contribution in [0.5, 0.6) is 5.75 Å². The largest absolute Gasteiger partial charge is 0.497 e. The fraction of sp³-hybridized carbons (Fsp3) is 0.314. The number of nitrogens with zero attached hydrogens (tertiary/aromatic N) is 7. The fourth-order valence-corrected chi connectivity index (χ4v) is 12.5. The topological polar surface area (TPSA) is 120 Å². The Morgan fingerprint density at radius 2 is 0.860 bits per heavy atom. The summed E-state index contributed by atoms with van der Waals surface area (Å²) >= 11 is 14.7. The minimum absolute atomic E-state index is 0.0972. The second-order valence-electron chi connectivity index (χ2n) is 30.0. The maximum absolute atomic E-state index is 12.6. The number of aryl methyl sites for hydroxylation is 15. The molecular weight excluding hydrogens is 1780 g/mol. The predicted molar refractivity (Wildman–Crippen MR) is 570 cm³/mol. The third-order valence-electron chi connectivity index (χ3n) is 19.7. The molecule has 5 aromatic heterocycles. The van der Waals surface area contributed by atoms with Crippen molar-refractivity contribution in [3.05, 3.63) is 467 Å². The number of thiazole rings is 1. The van der Waals surface area contributed by atoms with Crippen molar-refractivity contribution in [2.45, 2.75) is 220 Å². The van der Waals surface area contributed by atoms with Crippen molar-refractivity contribution >= 4 is 45.9 Å². The standard InChI is InChI=1S/C9H9N.C9H12O.C9H12.C8H8ClF.C8H9Cl.C8H8F2.2C8H9F.C8H10.C7H9N.C7H8.2C6H8N2.C6H12O.C6H8S.C5H7NS/c1-2-8-3-5-9(7-10)6-4-8;1-3-8-4-6-9(10-2)7-5-8;1-2-6-9-7-4-3-5-8-9;1-2-6-3-4-7(9)8(10)5-6;1-2-7-3-5-8(9)6-4-7;1-2-6-3-4-7(9)5-8(6)10;1-2-7-3-5-8(9)6-4-7;1-2-7-5-3-4-6-8(7)9;1-2-8-6-4-3-5-7-8;1-2-7-3-5-8-6-4-7;1-7-5-3-2-4-6-7;1-2-6-5-7-3-4-8-6;1-2-6-7-4-3-5-8-6;1-6-2-4-7-5-3-6;1-2-6-4-3-5-7-6;1-2-5-3-6-4-7-5/h3-6H,2H2,1H3;4-7H,3H2,1-2H3;3-5,7-8H,2,6H2,1H3;3-5H,2H2,1H3;3-6H,2H2,1H3;3-5H,2H2,1H3;2*3-6H,2H2,1H3;3-7H,2H2,1H3;3-6H,2H2,1H3;2-6H,1H3;2*3-5H,2H2,1H3;6H,2-5H2,1H3;3-5H,2H2,1H3;3-4H,2H2,1H3. The van der Waals surface area contributed by atoms with Crippen LogP contribution in [-0.4, -0.2) is 50.2 Å². The van der Waals surface area contributed by atoms with Crippen molar-refractivity contribution in [2.75, 3.05) is 20.3 Å². The zero-order valence-corrected chi connectivity index (χ0v) is 86.4. The number of methoxy groups -OCH3 is 1. The molecule has 0 unspecified atom stereocenters. The molecule has 16 rings (SSSR count). The second kappa shape index (κ2) is 82.8. The van der Waals surface area contributed by atoms with Gasteiger partial charge in [-0.05, 0) is 267 Å². The molecule has 136 heavy (non-hydrogen) atoms. The lowest BCUT2D eigenvalue weighted by Gasteiger charge is -2.16. The number of thiophene rings is 1. The third kappa shape index (κ3) is 63.5. The second-order valence-corrected chi connectivity index (χ2v) is 32.9. The van der Waals surface area contributed by atoms with E-state index in [1.54, 1.807) is 79.8 Å². The van der Waals surface area contributed by atoms with E-state index < -0.39 is 11.6 Å². The predicted octanol–water partition coefficient (Wildman–Crippen LogP) is 33.7. The molecule has 1 saturated heterocycles. The van der Waals surface area contributed by atoms with Crippen molar-refractivity contribution in [1.82, 2.24) is 29.9 Å². The zero-order valence-electron chi connectivity index (χ0n) is 83.3. The van der Waals surface area contributed by atoms with Gasteiger partial charge in [-0.2, -0.15) is 5.26 Å². The molecule has 15 aromatic rings. The van der Waals surface area contributed by atoms with Crippen LogP contribution in [-0.2, 0) is 94.6 Å². The number of hydrogen-bond acceptors (Lipinski definition) is 11. The summed E-state index contributed by atoms with van der Waals surface area (Å²) in [7, 11) is 1.68. The highest BCUT2D eigenvalue weighted by molar-refractivity contribution is 7.10. The van der Waals surface area contributed by atoms with E-state index >= 15 is 0 Å². The first-order valence-corrected chi connectivity index (χ1v) is 49.7. The molecule has 1 aliphatic rings. The molecule has 0 radical (unpaired) electrons. The van der Waals surface area contributed by atoms with E-state index in [4.69, 9.17) is 37.9 Å². The number of pyridine rings is 1. The Morgan fingerprint density at radius 3 is 1.22 bits per heavy atom. The molecule has 9 nitrogen and oxygen atoms in total. The summed E-state index contributed by atoms with van der Waals surface area (Å²) in [5, 5.41) is 11.6. The van der Waals surface area contributed by atoms with Crippen LogP contribution < -0.4 is 4.74 Å². The summed E-state index contributed by atoms with van der Waals surface area (Å²) in [6.45, 7) is 35.4. The van der Waals surface area contributed by atoms with E-state index in [0.29, 0.717) is 12.0 Å². The number of ether oxygens (including phenoxy) is 2. The number of hydrogen-bond donors (Lipinski definition) is 0. The van der Waals surface area contributed by atoms with Crippen LogP contribution in [0.4, 0.5) is 22.0 Å². The molecule has 0 spiro atoms. The van der Waals surface area contributed by atoms with Gasteiger partial charge in [-0.15, -0.1) is 22.7 Å². The number of rotatable bonds is 16. The van der Waals surface area contributed by atoms with Gasteiger partial charge in [0.2, 0.25) is 0 Å². The molecule has 0 atom stereocenters. The highest BCUT2D eigenvalue weighted by atomic mass is 35.5. The zero-order chi connectivity index (χ0) is 100. The monoisotopic (exact) mass is 1920 g/mol. The molecule has 0 aliphatic carbocycles. The Morgan fingerprint density at radius 1 is 0.382 bits per heavy atom. The summed E-state index contributed by atoms with van der Waals surface area (Å²) in [6, 6.07) is 89.1. The van der Waals surface area contributed by atoms with E-state index in [0.717, 1.165) is 135 Å². The van der Waals surface area contributed by atoms with Gasteiger partial charge in [-0.3, -0.25) is 19.9 Å². The molecule has 6 heterocycles. The lowest BCUT2D eigenvalue weighted by atomic mass is 10.0. The van der Waals surface area contributed by atoms with E-state index in [1.807, 2.05) is 185 Å². The van der Waals surface area contributed by atoms with Gasteiger partial charge >= 0.3 is 0 Å². The van der Waals surface area contributed by atoms with Crippen LogP contribution >= 0.6 is 45.9 Å². The van der Waals surface area contributed by atoms with E-state index in [-0.39, 0.29) is 22.5 Å². The Hall–Kier alpha value is -11.7. The van der Waals surface area contributed by atoms with Gasteiger partial charge in [0.15, 0.2) is 0 Å². The number of benzene rings is 10. The van der Waals surface area contributed by atoms with E-state index in [9.17, 15) is 22.0 Å². The SMILES string of the molecule is CC1CCOCC1.CCCc1ccccc1.CCc1ccc(C#N)cc1.CCc1ccc(Cl)c(F)c1.CCc1ccc(Cl)cc1.CCc1ccc(F)cc1.CCc1ccc(F)cc1F.CCc1ccc(OC)cc1.CCc1ccccc1.CCc1ccccc1F.CCc1cccs1.CCc1ccncc1.CCc1cnccn1.CCc1cncs1.CCc1ncccn1.Cc1ccccc1. The molecule has 1 fully saturated rings. The van der Waals surface area contributed by atoms with Gasteiger partial charge in [-0.1, -0.05) is 315 Å². The molecule has 0 saturated carbocycles. The first-order chi connectivity index (χ1) is 66.0. The molecule has 18 heteroatoms. The van der Waals surface area contributed by atoms with Gasteiger partial charge in [0.25, 0.3) is 0 Å². The highest BCUT2D eigenvalue weighted by Gasteiger charge is 2.07. The lowest BCUT2D eigenvalue weighted by molar-refractivity contribution is 0.0716. The summed E-state index contributed by atoms with van der Waals surface area (Å²) in [4.78, 5) is 26.5. The Kier molecular flexibility index (Phi) is 74.4. The van der Waals surface area contributed by atoms with Gasteiger partial charge in [-0.25, -0.2) is 31.9 Å². The first-order valence-electron chi connectivity index (χ1n) is 47.2. The average molecular weight is 1920 g/mol. The maximum atomic E-state index is 12.6. The quantitative estimate of drug-likeness (QED) is 0.0871. The summed E-state index contributed by atoms with van der Waals surface area (Å²) < 4.78 is 72.5. The third-order valence-corrected chi connectivity index (χ3v) is 22.2. The number of aromatic nitrogens is 6. The Labute approximate surface area is 831 Å². The van der Waals surface area contributed by atoms with Crippen LogP contribution in [0, 0.1) is 53.3 Å². The molecular formula is C118H146Cl2F5N7O2S2. The minimum Gasteiger partial charge on any atom is -0.497 e. The van der Waals surface area contributed by atoms with Crippen molar-refractivity contribution in [3.63, 3.8) is 0 Å². The van der Waals surface area contributed by atoms with E-state index in [2.05, 4.69) is 209 Å². The summed E-state index contributed by atoms with van der Waals surface area (Å²) in [6.07, 6.45) is 32.0. The van der Waals surface area contributed by atoms with Crippen molar-refractivity contribution in [1.29, 1.82) is 5.26 Å². The van der Waals surface area contributed by atoms with Gasteiger partial charge < -0.3 is 9.47 Å². The minimum atomic E-state index is -0.519. The summed E-state index contributed by atoms with van der Waals surface area (Å²) in [5.74, 6) is 1.18. The van der Waals surface area contributed by atoms with Crippen LogP contribution in [0.25, 0.3) is 0 Å². The van der Waals surface area contributed by atoms with Crippen LogP contribution in [0.2, 0.25) is 10.0 Å². The van der Waals surface area contributed by atoms with Crippen molar-refractivity contribution in [3.8, 4) is 11.8 Å². The normalized spacial score (nSPS) is 10.2. The molecule has 1 aliphatic heterocycles. The van der Waals surface area contributed by atoms with Gasteiger partial charge in [0.05, 0.1) is 35.0 Å². The Balaban J connectivity index is 0.000000726. The average Bonchev–Trinajstić information content (AvgIpc) is 1.70. The van der Waals surface area contributed by atoms with Crippen LogP contribution in [0.3, 0.4) is 0 Å². The Bertz CT molecular complexity index is 5010. The number of nitriles is 1. The molecule has 0 N–H and O–H groups in total. The lowest BCUT2D eigenvalue weighted by Crippen LogP contribution is -2.12. The van der Waals surface area contributed by atoms with Gasteiger partial charge in [0, 0.05) is 90.1 Å². The van der Waals surface area contributed by atoms with Crippen LogP contribution in [0.15, 0.2) is 340 Å². The van der Waals surface area contributed by atoms with Gasteiger partial charge in [0.1, 0.15) is 40.7 Å². The number of halogens is 7. The summed E-state index contributed by atoms with van der Waals surface area (Å²) in [5.41, 5.74) is 16.6. The van der Waals surface area contributed by atoms with E-state index in [1.165, 1.54) is 123 Å². The van der Waals surface area contributed by atoms with Crippen molar-refractivity contribution in [2.24, 2.45) is 5.92 Å². The first kappa shape index (κ1) is 122. The molecule has 0 bridgehead atoms. The molecule has 0 amide bonds. The smallest absolute Gasteiger partial charge is 0.142 e. The highest BCUT2D eigenvalue weighted by Crippen LogP contribution is 2.18. The van der Waals surface area contributed by atoms with Crippen LogP contribution in [0.1, 0.15) is 211 Å². The van der Waals surface area contributed by atoms with Crippen molar-refractivity contribution < 1.29 is 31.4 Å². The fourth-order valence-electron chi connectivity index (χ4n) is 11.0.